The van der Waals surface area contributed by atoms with Crippen molar-refractivity contribution in [1.82, 2.24) is 5.32 Å². The van der Waals surface area contributed by atoms with E-state index in [0.29, 0.717) is 24.4 Å². The molecule has 1 unspecified atom stereocenters. The largest absolute Gasteiger partial charge is 0.494 e. The summed E-state index contributed by atoms with van der Waals surface area (Å²) in [5, 5.41) is 8.75. The summed E-state index contributed by atoms with van der Waals surface area (Å²) in [5.41, 5.74) is 2.02. The summed E-state index contributed by atoms with van der Waals surface area (Å²) >= 11 is 0. The van der Waals surface area contributed by atoms with Crippen molar-refractivity contribution in [2.45, 2.75) is 25.9 Å². The molecule has 3 rings (SSSR count). The van der Waals surface area contributed by atoms with Crippen molar-refractivity contribution in [3.63, 3.8) is 0 Å². The lowest BCUT2D eigenvalue weighted by molar-refractivity contribution is -0.114. The molecule has 2 aromatic carbocycles. The van der Waals surface area contributed by atoms with E-state index in [4.69, 9.17) is 9.47 Å². The predicted molar refractivity (Wildman–Crippen MR) is 112 cm³/mol. The molecule has 7 heteroatoms. The Bertz CT molecular complexity index is 800. The van der Waals surface area contributed by atoms with Gasteiger partial charge in [0, 0.05) is 30.1 Å². The SMILES string of the molecule is CCOc1ccc(NCC(=O)Nc2ccc(C(=O)NCC3CCCO3)cc2)cc1. The lowest BCUT2D eigenvalue weighted by Crippen LogP contribution is -2.31. The zero-order chi connectivity index (χ0) is 20.5. The third-order valence-electron chi connectivity index (χ3n) is 4.56. The monoisotopic (exact) mass is 397 g/mol. The van der Waals surface area contributed by atoms with Crippen molar-refractivity contribution in [2.24, 2.45) is 0 Å². The molecular formula is C22H27N3O4. The van der Waals surface area contributed by atoms with Crippen LogP contribution in [0.2, 0.25) is 0 Å². The van der Waals surface area contributed by atoms with Gasteiger partial charge in [-0.05, 0) is 68.3 Å². The highest BCUT2D eigenvalue weighted by Gasteiger charge is 2.16. The van der Waals surface area contributed by atoms with Crippen molar-refractivity contribution < 1.29 is 19.1 Å². The van der Waals surface area contributed by atoms with Crippen LogP contribution in [0.5, 0.6) is 5.75 Å². The van der Waals surface area contributed by atoms with E-state index in [1.807, 2.05) is 31.2 Å². The molecule has 7 nitrogen and oxygen atoms in total. The van der Waals surface area contributed by atoms with Crippen LogP contribution in [0, 0.1) is 0 Å². The number of hydrogen-bond donors (Lipinski definition) is 3. The van der Waals surface area contributed by atoms with Gasteiger partial charge in [0.25, 0.3) is 5.91 Å². The number of carbonyl (C=O) groups is 2. The van der Waals surface area contributed by atoms with Gasteiger partial charge in [-0.25, -0.2) is 0 Å². The summed E-state index contributed by atoms with van der Waals surface area (Å²) in [6.07, 6.45) is 2.14. The van der Waals surface area contributed by atoms with Gasteiger partial charge in [-0.3, -0.25) is 9.59 Å². The molecule has 2 aromatic rings. The lowest BCUT2D eigenvalue weighted by atomic mass is 10.2. The molecule has 0 bridgehead atoms. The molecule has 29 heavy (non-hydrogen) atoms. The second-order valence-corrected chi connectivity index (χ2v) is 6.78. The third-order valence-corrected chi connectivity index (χ3v) is 4.56. The molecule has 0 aromatic heterocycles. The third kappa shape index (κ3) is 6.50. The van der Waals surface area contributed by atoms with Gasteiger partial charge in [0.15, 0.2) is 0 Å². The number of nitrogens with one attached hydrogen (secondary N) is 3. The minimum atomic E-state index is -0.172. The van der Waals surface area contributed by atoms with Crippen LogP contribution in [-0.2, 0) is 9.53 Å². The highest BCUT2D eigenvalue weighted by atomic mass is 16.5. The van der Waals surface area contributed by atoms with Gasteiger partial charge < -0.3 is 25.4 Å². The Hall–Kier alpha value is -3.06. The highest BCUT2D eigenvalue weighted by Crippen LogP contribution is 2.16. The van der Waals surface area contributed by atoms with Crippen LogP contribution in [0.25, 0.3) is 0 Å². The number of anilines is 2. The predicted octanol–water partition coefficient (Wildman–Crippen LogP) is 3.04. The zero-order valence-corrected chi connectivity index (χ0v) is 16.6. The molecule has 1 saturated heterocycles. The average molecular weight is 397 g/mol. The van der Waals surface area contributed by atoms with Crippen molar-refractivity contribution in [3.05, 3.63) is 54.1 Å². The number of ether oxygens (including phenoxy) is 2. The summed E-state index contributed by atoms with van der Waals surface area (Å²) in [6.45, 7) is 3.97. The van der Waals surface area contributed by atoms with E-state index in [1.165, 1.54) is 0 Å². The molecule has 0 radical (unpaired) electrons. The molecule has 1 aliphatic rings. The van der Waals surface area contributed by atoms with Crippen molar-refractivity contribution in [3.8, 4) is 5.75 Å². The van der Waals surface area contributed by atoms with Crippen LogP contribution >= 0.6 is 0 Å². The first-order valence-electron chi connectivity index (χ1n) is 9.90. The number of benzene rings is 2. The van der Waals surface area contributed by atoms with E-state index in [1.54, 1.807) is 24.3 Å². The number of carbonyl (C=O) groups excluding carboxylic acids is 2. The van der Waals surface area contributed by atoms with Crippen LogP contribution in [0.15, 0.2) is 48.5 Å². The minimum absolute atomic E-state index is 0.111. The topological polar surface area (TPSA) is 88.7 Å². The zero-order valence-electron chi connectivity index (χ0n) is 16.6. The quantitative estimate of drug-likeness (QED) is 0.605. The standard InChI is InChI=1S/C22H27N3O4/c1-2-28-19-11-9-17(10-12-19)23-15-21(26)25-18-7-5-16(6-8-18)22(27)24-14-20-4-3-13-29-20/h5-12,20,23H,2-4,13-15H2,1H3,(H,24,27)(H,25,26). The summed E-state index contributed by atoms with van der Waals surface area (Å²) < 4.78 is 10.9. The molecule has 1 atom stereocenters. The van der Waals surface area contributed by atoms with Gasteiger partial charge in [0.2, 0.25) is 5.91 Å². The number of rotatable bonds is 9. The van der Waals surface area contributed by atoms with E-state index in [2.05, 4.69) is 16.0 Å². The van der Waals surface area contributed by atoms with Crippen LogP contribution in [0.1, 0.15) is 30.1 Å². The molecule has 2 amide bonds. The molecule has 3 N–H and O–H groups in total. The first-order valence-corrected chi connectivity index (χ1v) is 9.90. The minimum Gasteiger partial charge on any atom is -0.494 e. The molecule has 1 fully saturated rings. The van der Waals surface area contributed by atoms with Gasteiger partial charge in [-0.2, -0.15) is 0 Å². The molecular weight excluding hydrogens is 370 g/mol. The Morgan fingerprint density at radius 1 is 1.07 bits per heavy atom. The van der Waals surface area contributed by atoms with Gasteiger partial charge in [-0.15, -0.1) is 0 Å². The summed E-state index contributed by atoms with van der Waals surface area (Å²) in [7, 11) is 0. The Morgan fingerprint density at radius 2 is 1.79 bits per heavy atom. The van der Waals surface area contributed by atoms with Crippen LogP contribution in [0.4, 0.5) is 11.4 Å². The van der Waals surface area contributed by atoms with Crippen LogP contribution < -0.4 is 20.7 Å². The smallest absolute Gasteiger partial charge is 0.251 e. The molecule has 0 spiro atoms. The van der Waals surface area contributed by atoms with E-state index in [0.717, 1.165) is 30.9 Å². The fourth-order valence-corrected chi connectivity index (χ4v) is 3.04. The number of amides is 2. The van der Waals surface area contributed by atoms with Gasteiger partial charge in [0.1, 0.15) is 5.75 Å². The Morgan fingerprint density at radius 3 is 2.45 bits per heavy atom. The van der Waals surface area contributed by atoms with E-state index in [-0.39, 0.29) is 24.5 Å². The summed E-state index contributed by atoms with van der Waals surface area (Å²) in [5.74, 6) is 0.479. The fraction of sp³-hybridized carbons (Fsp3) is 0.364. The number of hydrogen-bond acceptors (Lipinski definition) is 5. The molecule has 154 valence electrons. The fourth-order valence-electron chi connectivity index (χ4n) is 3.04. The van der Waals surface area contributed by atoms with E-state index < -0.39 is 0 Å². The maximum atomic E-state index is 12.2. The second-order valence-electron chi connectivity index (χ2n) is 6.78. The first kappa shape index (κ1) is 20.7. The van der Waals surface area contributed by atoms with Gasteiger partial charge >= 0.3 is 0 Å². The Kier molecular flexibility index (Phi) is 7.47. The Balaban J connectivity index is 1.42. The lowest BCUT2D eigenvalue weighted by Gasteiger charge is -2.11. The second kappa shape index (κ2) is 10.5. The van der Waals surface area contributed by atoms with Gasteiger partial charge in [-0.1, -0.05) is 0 Å². The van der Waals surface area contributed by atoms with E-state index >= 15 is 0 Å². The molecule has 1 heterocycles. The van der Waals surface area contributed by atoms with Crippen LogP contribution in [-0.4, -0.2) is 44.2 Å². The normalized spacial score (nSPS) is 15.6. The maximum absolute atomic E-state index is 12.2. The van der Waals surface area contributed by atoms with Crippen LogP contribution in [0.3, 0.4) is 0 Å². The van der Waals surface area contributed by atoms with Gasteiger partial charge in [0.05, 0.1) is 19.3 Å². The van der Waals surface area contributed by atoms with E-state index in [9.17, 15) is 9.59 Å². The Labute approximate surface area is 170 Å². The first-order chi connectivity index (χ1) is 14.1. The molecule has 0 aliphatic carbocycles. The average Bonchev–Trinajstić information content (AvgIpc) is 3.26. The van der Waals surface area contributed by atoms with Crippen molar-refractivity contribution >= 4 is 23.2 Å². The van der Waals surface area contributed by atoms with Crippen molar-refractivity contribution in [2.75, 3.05) is 36.9 Å². The molecule has 0 saturated carbocycles. The van der Waals surface area contributed by atoms with Crippen molar-refractivity contribution in [1.29, 1.82) is 0 Å². The summed E-state index contributed by atoms with van der Waals surface area (Å²) in [4.78, 5) is 24.3. The highest BCUT2D eigenvalue weighted by molar-refractivity contribution is 5.96. The molecule has 1 aliphatic heterocycles. The summed E-state index contributed by atoms with van der Waals surface area (Å²) in [6, 6.07) is 14.3. The maximum Gasteiger partial charge on any atom is 0.251 e.